The molecule has 3 aliphatic heterocycles. The summed E-state index contributed by atoms with van der Waals surface area (Å²) in [5, 5.41) is 2.75. The van der Waals surface area contributed by atoms with Crippen molar-refractivity contribution in [3.05, 3.63) is 58.9 Å². The standard InChI is InChI=1S/C37H43ClFN5O3/c1-22-17-23-9-6-7-11-27(23)28(18-22)31-30(38)19-29-33(32(31)39)40-35(46-21-26-10-8-15-42(26)5)41-34(29)43-16-14-24-12-13-25(20-43)44(24)36(45)47-37(2,3)4/h6-7,9,11,17-19,24-26H,8,10,12-16,20-21H2,1-5H3/t24-,25+,26+/m1/s1. The van der Waals surface area contributed by atoms with Crippen molar-refractivity contribution >= 4 is 45.2 Å². The maximum atomic E-state index is 17.0. The maximum Gasteiger partial charge on any atom is 0.410 e. The van der Waals surface area contributed by atoms with E-state index in [1.165, 1.54) is 0 Å². The number of anilines is 1. The average Bonchev–Trinajstić information content (AvgIpc) is 3.55. The molecule has 0 saturated carbocycles. The highest BCUT2D eigenvalue weighted by molar-refractivity contribution is 6.35. The van der Waals surface area contributed by atoms with Crippen molar-refractivity contribution in [2.75, 3.05) is 38.2 Å². The molecular formula is C37H43ClFN5O3. The van der Waals surface area contributed by atoms with Crippen LogP contribution in [0.3, 0.4) is 0 Å². The number of fused-ring (bicyclic) bond motifs is 4. The summed E-state index contributed by atoms with van der Waals surface area (Å²) >= 11 is 7.01. The number of benzene rings is 3. The monoisotopic (exact) mass is 659 g/mol. The van der Waals surface area contributed by atoms with Gasteiger partial charge in [-0.15, -0.1) is 0 Å². The van der Waals surface area contributed by atoms with Gasteiger partial charge < -0.3 is 24.2 Å². The van der Waals surface area contributed by atoms with Gasteiger partial charge >= 0.3 is 12.1 Å². The normalized spacial score (nSPS) is 21.9. The number of aromatic nitrogens is 2. The van der Waals surface area contributed by atoms with Crippen molar-refractivity contribution < 1.29 is 18.7 Å². The second-order valence-electron chi connectivity index (χ2n) is 14.4. The highest BCUT2D eigenvalue weighted by atomic mass is 35.5. The third-order valence-electron chi connectivity index (χ3n) is 9.88. The first-order valence-corrected chi connectivity index (χ1v) is 17.1. The van der Waals surface area contributed by atoms with Gasteiger partial charge in [-0.1, -0.05) is 48.0 Å². The molecule has 3 aliphatic rings. The molecule has 0 N–H and O–H groups in total. The molecule has 0 aliphatic carbocycles. The van der Waals surface area contributed by atoms with Crippen molar-refractivity contribution in [2.24, 2.45) is 0 Å². The Balaban J connectivity index is 1.33. The molecular weight excluding hydrogens is 617 g/mol. The van der Waals surface area contributed by atoms with Crippen molar-refractivity contribution in [2.45, 2.75) is 83.5 Å². The summed E-state index contributed by atoms with van der Waals surface area (Å²) in [6.07, 6.45) is 4.39. The molecule has 1 aromatic heterocycles. The minimum Gasteiger partial charge on any atom is -0.462 e. The SMILES string of the molecule is Cc1cc(-c2c(Cl)cc3c(N4CC[C@H]5CC[C@@H](C4)N5C(=O)OC(C)(C)C)nc(OC[C@@H]4CCCN4C)nc3c2F)c2ccccc2c1. The van der Waals surface area contributed by atoms with E-state index in [0.29, 0.717) is 41.5 Å². The Morgan fingerprint density at radius 3 is 2.57 bits per heavy atom. The zero-order chi connectivity index (χ0) is 33.0. The second kappa shape index (κ2) is 12.4. The van der Waals surface area contributed by atoms with Gasteiger partial charge in [0, 0.05) is 36.1 Å². The van der Waals surface area contributed by atoms with E-state index < -0.39 is 11.4 Å². The van der Waals surface area contributed by atoms with Crippen LogP contribution in [0.2, 0.25) is 5.02 Å². The molecule has 2 bridgehead atoms. The molecule has 0 radical (unpaired) electrons. The molecule has 7 rings (SSSR count). The Kier molecular flexibility index (Phi) is 8.41. The number of hydrogen-bond acceptors (Lipinski definition) is 7. The van der Waals surface area contributed by atoms with Gasteiger partial charge in [0.25, 0.3) is 0 Å². The van der Waals surface area contributed by atoms with Crippen LogP contribution in [0, 0.1) is 12.7 Å². The lowest BCUT2D eigenvalue weighted by molar-refractivity contribution is 0.0163. The van der Waals surface area contributed by atoms with Crippen LogP contribution < -0.4 is 9.64 Å². The summed E-state index contributed by atoms with van der Waals surface area (Å²) in [4.78, 5) is 29.3. The summed E-state index contributed by atoms with van der Waals surface area (Å²) in [7, 11) is 2.09. The van der Waals surface area contributed by atoms with Crippen LogP contribution in [0.15, 0.2) is 42.5 Å². The predicted octanol–water partition coefficient (Wildman–Crippen LogP) is 8.00. The lowest BCUT2D eigenvalue weighted by Gasteiger charge is -2.31. The molecule has 8 nitrogen and oxygen atoms in total. The van der Waals surface area contributed by atoms with Gasteiger partial charge in [0.1, 0.15) is 23.5 Å². The van der Waals surface area contributed by atoms with Crippen LogP contribution in [0.1, 0.15) is 58.4 Å². The quantitative estimate of drug-likeness (QED) is 0.215. The summed E-state index contributed by atoms with van der Waals surface area (Å²) in [6.45, 7) is 10.3. The number of rotatable bonds is 5. The Hall–Kier alpha value is -3.69. The van der Waals surface area contributed by atoms with Crippen LogP contribution in [-0.2, 0) is 4.74 Å². The van der Waals surface area contributed by atoms with Crippen molar-refractivity contribution in [1.29, 1.82) is 0 Å². The van der Waals surface area contributed by atoms with E-state index in [4.69, 9.17) is 31.0 Å². The number of hydrogen-bond donors (Lipinski definition) is 0. The average molecular weight is 660 g/mol. The Bertz CT molecular complexity index is 1850. The molecule has 4 aromatic rings. The minimum atomic E-state index is -0.584. The minimum absolute atomic E-state index is 0.0582. The Morgan fingerprint density at radius 1 is 1.02 bits per heavy atom. The first-order chi connectivity index (χ1) is 22.5. The summed E-state index contributed by atoms with van der Waals surface area (Å²) in [5.41, 5.74) is 1.64. The van der Waals surface area contributed by atoms with Crippen LogP contribution in [-0.4, -0.2) is 82.9 Å². The molecule has 0 unspecified atom stereocenters. The molecule has 1 amide bonds. The molecule has 248 valence electrons. The third kappa shape index (κ3) is 6.20. The molecule has 3 fully saturated rings. The van der Waals surface area contributed by atoms with Crippen LogP contribution in [0.5, 0.6) is 6.01 Å². The topological polar surface area (TPSA) is 71.0 Å². The molecule has 3 saturated heterocycles. The zero-order valence-electron chi connectivity index (χ0n) is 27.9. The fourth-order valence-electron chi connectivity index (χ4n) is 7.62. The van der Waals surface area contributed by atoms with Crippen LogP contribution >= 0.6 is 11.6 Å². The largest absolute Gasteiger partial charge is 0.462 e. The smallest absolute Gasteiger partial charge is 0.410 e. The molecule has 0 spiro atoms. The summed E-state index contributed by atoms with van der Waals surface area (Å²) in [6, 6.07) is 14.2. The van der Waals surface area contributed by atoms with Gasteiger partial charge in [-0.2, -0.15) is 9.97 Å². The Labute approximate surface area is 280 Å². The summed E-state index contributed by atoms with van der Waals surface area (Å²) in [5.74, 6) is 0.0735. The van der Waals surface area contributed by atoms with E-state index >= 15 is 4.39 Å². The van der Waals surface area contributed by atoms with Crippen molar-refractivity contribution in [1.82, 2.24) is 19.8 Å². The highest BCUT2D eigenvalue weighted by Gasteiger charge is 2.42. The third-order valence-corrected chi connectivity index (χ3v) is 10.2. The number of likely N-dealkylation sites (tertiary alicyclic amines) is 1. The first-order valence-electron chi connectivity index (χ1n) is 16.8. The number of halogens is 2. The number of likely N-dealkylation sites (N-methyl/N-ethyl adjacent to an activating group) is 1. The molecule has 47 heavy (non-hydrogen) atoms. The Morgan fingerprint density at radius 2 is 1.81 bits per heavy atom. The van der Waals surface area contributed by atoms with Crippen LogP contribution in [0.4, 0.5) is 15.0 Å². The summed E-state index contributed by atoms with van der Waals surface area (Å²) < 4.78 is 29.1. The van der Waals surface area contributed by atoms with Gasteiger partial charge in [-0.05, 0) is 101 Å². The second-order valence-corrected chi connectivity index (χ2v) is 14.8. The maximum absolute atomic E-state index is 17.0. The van der Waals surface area contributed by atoms with E-state index in [2.05, 4.69) is 22.9 Å². The van der Waals surface area contributed by atoms with Crippen LogP contribution in [0.25, 0.3) is 32.8 Å². The van der Waals surface area contributed by atoms with Gasteiger partial charge in [0.2, 0.25) is 0 Å². The number of amides is 1. The van der Waals surface area contributed by atoms with Gasteiger partial charge in [-0.25, -0.2) is 9.18 Å². The van der Waals surface area contributed by atoms with Gasteiger partial charge in [0.05, 0.1) is 11.1 Å². The van der Waals surface area contributed by atoms with E-state index in [-0.39, 0.29) is 35.7 Å². The molecule has 4 heterocycles. The number of ether oxygens (including phenoxy) is 2. The van der Waals surface area contributed by atoms with E-state index in [1.807, 2.05) is 62.9 Å². The molecule has 3 aromatic carbocycles. The van der Waals surface area contributed by atoms with Crippen molar-refractivity contribution in [3.8, 4) is 17.1 Å². The van der Waals surface area contributed by atoms with Gasteiger partial charge in [0.15, 0.2) is 5.82 Å². The molecule has 3 atom stereocenters. The fourth-order valence-corrected chi connectivity index (χ4v) is 7.91. The fraction of sp³-hybridized carbons (Fsp3) is 0.486. The van der Waals surface area contributed by atoms with E-state index in [9.17, 15) is 4.79 Å². The number of carbonyl (C=O) groups excluding carboxylic acids is 1. The first kappa shape index (κ1) is 31.9. The lowest BCUT2D eigenvalue weighted by Crippen LogP contribution is -2.45. The molecule has 10 heteroatoms. The van der Waals surface area contributed by atoms with Crippen molar-refractivity contribution in [3.63, 3.8) is 0 Å². The predicted molar refractivity (Wildman–Crippen MR) is 185 cm³/mol. The number of aryl methyl sites for hydroxylation is 1. The van der Waals surface area contributed by atoms with E-state index in [1.54, 1.807) is 6.07 Å². The highest BCUT2D eigenvalue weighted by Crippen LogP contribution is 2.42. The van der Waals surface area contributed by atoms with E-state index in [0.717, 1.165) is 60.5 Å². The zero-order valence-corrected chi connectivity index (χ0v) is 28.6. The number of carbonyl (C=O) groups is 1. The lowest BCUT2D eigenvalue weighted by atomic mass is 9.94. The number of nitrogens with zero attached hydrogens (tertiary/aromatic N) is 5. The van der Waals surface area contributed by atoms with Gasteiger partial charge in [-0.3, -0.25) is 0 Å².